The second-order valence-corrected chi connectivity index (χ2v) is 9.84. The van der Waals surface area contributed by atoms with Crippen LogP contribution in [0.25, 0.3) is 10.2 Å². The third kappa shape index (κ3) is 5.36. The van der Waals surface area contributed by atoms with Crippen LogP contribution in [0.3, 0.4) is 0 Å². The van der Waals surface area contributed by atoms with Gasteiger partial charge in [0.25, 0.3) is 5.91 Å². The summed E-state index contributed by atoms with van der Waals surface area (Å²) >= 11 is 3.89. The number of anilines is 2. The number of aromatic nitrogens is 2. The van der Waals surface area contributed by atoms with Crippen LogP contribution in [-0.2, 0) is 12.6 Å². The van der Waals surface area contributed by atoms with Gasteiger partial charge in [-0.25, -0.2) is 9.97 Å². The van der Waals surface area contributed by atoms with Gasteiger partial charge in [0.05, 0.1) is 18.7 Å². The van der Waals surface area contributed by atoms with Gasteiger partial charge in [0.1, 0.15) is 12.1 Å². The van der Waals surface area contributed by atoms with Gasteiger partial charge in [0.15, 0.2) is 0 Å². The molecule has 4 aromatic rings. The Morgan fingerprint density at radius 2 is 1.84 bits per heavy atom. The average molecular weight is 568 g/mol. The normalized spacial score (nSPS) is 11.5. The molecule has 4 rings (SSSR count). The molecule has 5 nitrogen and oxygen atoms in total. The highest BCUT2D eigenvalue weighted by Crippen LogP contribution is 2.30. The number of carbonyl (C=O) groups is 1. The highest BCUT2D eigenvalue weighted by Gasteiger charge is 2.30. The summed E-state index contributed by atoms with van der Waals surface area (Å²) in [5, 5.41) is 5.96. The summed E-state index contributed by atoms with van der Waals surface area (Å²) in [7, 11) is 0. The molecule has 0 saturated carbocycles. The quantitative estimate of drug-likeness (QED) is 0.271. The van der Waals surface area contributed by atoms with Crippen molar-refractivity contribution in [2.45, 2.75) is 12.6 Å². The van der Waals surface area contributed by atoms with Crippen LogP contribution < -0.4 is 10.6 Å². The van der Waals surface area contributed by atoms with Crippen LogP contribution in [-0.4, -0.2) is 22.4 Å². The molecule has 0 aliphatic carbocycles. The van der Waals surface area contributed by atoms with Gasteiger partial charge in [-0.15, -0.1) is 11.3 Å². The summed E-state index contributed by atoms with van der Waals surface area (Å²) in [5.74, 6) is 0.205. The van der Waals surface area contributed by atoms with Crippen molar-refractivity contribution in [1.29, 1.82) is 0 Å². The molecule has 0 aliphatic heterocycles. The van der Waals surface area contributed by atoms with E-state index in [1.807, 2.05) is 18.2 Å². The Kier molecular flexibility index (Phi) is 6.60. The molecular formula is C22H16F3IN4OS. The topological polar surface area (TPSA) is 66.9 Å². The van der Waals surface area contributed by atoms with Crippen LogP contribution in [0.2, 0.25) is 0 Å². The van der Waals surface area contributed by atoms with E-state index in [2.05, 4.69) is 43.2 Å². The maximum atomic E-state index is 12.8. The molecule has 0 radical (unpaired) electrons. The minimum Gasteiger partial charge on any atom is -0.368 e. The smallest absolute Gasteiger partial charge is 0.368 e. The van der Waals surface area contributed by atoms with Crippen molar-refractivity contribution in [3.63, 3.8) is 0 Å². The van der Waals surface area contributed by atoms with Crippen LogP contribution in [0.4, 0.5) is 24.7 Å². The largest absolute Gasteiger partial charge is 0.416 e. The summed E-state index contributed by atoms with van der Waals surface area (Å²) in [6.45, 7) is 0.663. The molecule has 164 valence electrons. The first kappa shape index (κ1) is 22.5. The summed E-state index contributed by atoms with van der Waals surface area (Å²) in [6, 6.07) is 13.6. The van der Waals surface area contributed by atoms with Crippen LogP contribution >= 0.6 is 33.9 Å². The lowest BCUT2D eigenvalue weighted by atomic mass is 10.1. The number of benzene rings is 2. The Bertz CT molecular complexity index is 1260. The lowest BCUT2D eigenvalue weighted by molar-refractivity contribution is -0.137. The first-order chi connectivity index (χ1) is 15.3. The predicted molar refractivity (Wildman–Crippen MR) is 128 cm³/mol. The van der Waals surface area contributed by atoms with E-state index in [0.29, 0.717) is 12.2 Å². The number of fused-ring (bicyclic) bond motifs is 1. The van der Waals surface area contributed by atoms with Gasteiger partial charge in [0.2, 0.25) is 0 Å². The molecule has 0 fully saturated rings. The molecule has 10 heteroatoms. The zero-order valence-corrected chi connectivity index (χ0v) is 19.4. The van der Waals surface area contributed by atoms with E-state index < -0.39 is 17.6 Å². The Labute approximate surface area is 199 Å². The lowest BCUT2D eigenvalue weighted by Gasteiger charge is -2.10. The SMILES string of the molecule is O=C(Nc1ccc(CCNc2ncnc3cc(I)sc23)cc1)c1cccc(C(F)(F)F)c1. The Morgan fingerprint density at radius 1 is 1.06 bits per heavy atom. The number of alkyl halides is 3. The number of halogens is 4. The van der Waals surface area contributed by atoms with Gasteiger partial charge in [-0.1, -0.05) is 18.2 Å². The fourth-order valence-corrected chi connectivity index (χ4v) is 4.83. The van der Waals surface area contributed by atoms with Crippen molar-refractivity contribution in [2.24, 2.45) is 0 Å². The molecule has 0 spiro atoms. The third-order valence-electron chi connectivity index (χ3n) is 4.65. The van der Waals surface area contributed by atoms with Crippen molar-refractivity contribution in [1.82, 2.24) is 9.97 Å². The summed E-state index contributed by atoms with van der Waals surface area (Å²) < 4.78 is 40.7. The first-order valence-electron chi connectivity index (χ1n) is 9.51. The molecular weight excluding hydrogens is 552 g/mol. The Hall–Kier alpha value is -2.73. The number of rotatable bonds is 6. The van der Waals surface area contributed by atoms with Crippen LogP contribution in [0.1, 0.15) is 21.5 Å². The molecule has 0 atom stereocenters. The van der Waals surface area contributed by atoms with Crippen molar-refractivity contribution >= 4 is 61.6 Å². The fourth-order valence-electron chi connectivity index (χ4n) is 3.07. The van der Waals surface area contributed by atoms with E-state index in [9.17, 15) is 18.0 Å². The zero-order chi connectivity index (χ0) is 22.7. The number of amides is 1. The minimum atomic E-state index is -4.49. The van der Waals surface area contributed by atoms with Crippen LogP contribution in [0.15, 0.2) is 60.9 Å². The van der Waals surface area contributed by atoms with Crippen molar-refractivity contribution in [3.05, 3.63) is 80.5 Å². The number of nitrogens with one attached hydrogen (secondary N) is 2. The van der Waals surface area contributed by atoms with E-state index in [1.54, 1.807) is 23.5 Å². The van der Waals surface area contributed by atoms with Crippen molar-refractivity contribution in [2.75, 3.05) is 17.2 Å². The molecule has 2 N–H and O–H groups in total. The van der Waals surface area contributed by atoms with Gasteiger partial charge in [-0.2, -0.15) is 13.2 Å². The average Bonchev–Trinajstić information content (AvgIpc) is 3.15. The molecule has 2 heterocycles. The van der Waals surface area contributed by atoms with E-state index in [1.165, 1.54) is 18.5 Å². The van der Waals surface area contributed by atoms with E-state index in [4.69, 9.17) is 0 Å². The maximum absolute atomic E-state index is 12.8. The predicted octanol–water partition coefficient (Wildman–Crippen LogP) is 6.22. The Morgan fingerprint density at radius 3 is 2.59 bits per heavy atom. The first-order valence-corrected chi connectivity index (χ1v) is 11.4. The van der Waals surface area contributed by atoms with Crippen molar-refractivity contribution < 1.29 is 18.0 Å². The fraction of sp³-hybridized carbons (Fsp3) is 0.136. The van der Waals surface area contributed by atoms with Gasteiger partial charge in [-0.05, 0) is 71.0 Å². The highest BCUT2D eigenvalue weighted by atomic mass is 127. The van der Waals surface area contributed by atoms with Crippen LogP contribution in [0, 0.1) is 2.88 Å². The molecule has 0 bridgehead atoms. The summed E-state index contributed by atoms with van der Waals surface area (Å²) in [5.41, 5.74) is 1.56. The van der Waals surface area contributed by atoms with Gasteiger partial charge in [-0.3, -0.25) is 4.79 Å². The van der Waals surface area contributed by atoms with E-state index in [0.717, 1.165) is 43.0 Å². The molecule has 2 aromatic carbocycles. The number of nitrogens with zero attached hydrogens (tertiary/aromatic N) is 2. The van der Waals surface area contributed by atoms with Gasteiger partial charge < -0.3 is 10.6 Å². The van der Waals surface area contributed by atoms with Gasteiger partial charge >= 0.3 is 6.18 Å². The molecule has 2 aromatic heterocycles. The summed E-state index contributed by atoms with van der Waals surface area (Å²) in [6.07, 6.45) is -2.23. The third-order valence-corrected chi connectivity index (χ3v) is 6.54. The van der Waals surface area contributed by atoms with Crippen molar-refractivity contribution in [3.8, 4) is 0 Å². The molecule has 0 aliphatic rings. The molecule has 0 unspecified atom stereocenters. The number of hydrogen-bond donors (Lipinski definition) is 2. The number of thiophene rings is 1. The minimum absolute atomic E-state index is 0.0486. The number of carbonyl (C=O) groups excluding carboxylic acids is 1. The van der Waals surface area contributed by atoms with Crippen LogP contribution in [0.5, 0.6) is 0 Å². The maximum Gasteiger partial charge on any atom is 0.416 e. The second kappa shape index (κ2) is 9.41. The summed E-state index contributed by atoms with van der Waals surface area (Å²) in [4.78, 5) is 20.9. The molecule has 32 heavy (non-hydrogen) atoms. The van der Waals surface area contributed by atoms with E-state index in [-0.39, 0.29) is 5.56 Å². The Balaban J connectivity index is 1.34. The highest BCUT2D eigenvalue weighted by molar-refractivity contribution is 14.1. The number of hydrogen-bond acceptors (Lipinski definition) is 5. The molecule has 1 amide bonds. The van der Waals surface area contributed by atoms with Gasteiger partial charge in [0, 0.05) is 17.8 Å². The zero-order valence-electron chi connectivity index (χ0n) is 16.4. The van der Waals surface area contributed by atoms with E-state index >= 15 is 0 Å². The standard InChI is InChI=1S/C22H16F3IN4OS/c23-22(24,25)15-3-1-2-14(10-15)21(31)30-16-6-4-13(5-7-16)8-9-27-20-19-17(28-12-29-20)11-18(26)32-19/h1-7,10-12H,8-9H2,(H,30,31)(H,27,28,29). The lowest BCUT2D eigenvalue weighted by Crippen LogP contribution is -2.14. The second-order valence-electron chi connectivity index (χ2n) is 6.89. The molecule has 0 saturated heterocycles. The monoisotopic (exact) mass is 568 g/mol.